The molecule has 0 atom stereocenters. The normalized spacial score (nSPS) is 11.9. The highest BCUT2D eigenvalue weighted by Crippen LogP contribution is 2.43. The van der Waals surface area contributed by atoms with Crippen molar-refractivity contribution >= 4 is 93.1 Å². The van der Waals surface area contributed by atoms with Gasteiger partial charge in [0.1, 0.15) is 11.2 Å². The Kier molecular flexibility index (Phi) is 5.96. The Morgan fingerprint density at radius 1 is 0.333 bits per heavy atom. The van der Waals surface area contributed by atoms with Gasteiger partial charge in [0.2, 0.25) is 0 Å². The lowest BCUT2D eigenvalue weighted by Crippen LogP contribution is -2.10. The van der Waals surface area contributed by atoms with E-state index >= 15 is 0 Å². The quantitative estimate of drug-likeness (QED) is 0.177. The molecule has 0 aliphatic rings. The van der Waals surface area contributed by atoms with Crippen LogP contribution in [0.25, 0.3) is 81.7 Å². The summed E-state index contributed by atoms with van der Waals surface area (Å²) < 4.78 is 8.66. The number of fused-ring (bicyclic) bond motifs is 11. The van der Waals surface area contributed by atoms with Crippen LogP contribution in [0.5, 0.6) is 0 Å². The molecule has 0 spiro atoms. The van der Waals surface area contributed by atoms with E-state index in [4.69, 9.17) is 4.42 Å². The molecule has 51 heavy (non-hydrogen) atoms. The summed E-state index contributed by atoms with van der Waals surface area (Å²) in [5.41, 5.74) is 8.53. The highest BCUT2D eigenvalue weighted by atomic mass is 16.3. The average Bonchev–Trinajstić information content (AvgIpc) is 3.73. The van der Waals surface area contributed by atoms with Crippen molar-refractivity contribution < 1.29 is 4.42 Å². The molecule has 0 saturated carbocycles. The molecule has 0 saturated heterocycles. The van der Waals surface area contributed by atoms with E-state index in [1.807, 2.05) is 12.1 Å². The molecule has 2 aromatic heterocycles. The van der Waals surface area contributed by atoms with Crippen molar-refractivity contribution in [1.29, 1.82) is 0 Å². The molecule has 9 aromatic carbocycles. The van der Waals surface area contributed by atoms with Crippen LogP contribution < -0.4 is 4.90 Å². The van der Waals surface area contributed by atoms with Crippen LogP contribution in [0.2, 0.25) is 0 Å². The predicted molar refractivity (Wildman–Crippen MR) is 215 cm³/mol. The van der Waals surface area contributed by atoms with Crippen LogP contribution in [-0.2, 0) is 0 Å². The Labute approximate surface area is 293 Å². The van der Waals surface area contributed by atoms with Crippen LogP contribution in [-0.4, -0.2) is 4.57 Å². The fourth-order valence-corrected chi connectivity index (χ4v) is 8.20. The van der Waals surface area contributed by atoms with Gasteiger partial charge in [-0.15, -0.1) is 0 Å². The zero-order valence-corrected chi connectivity index (χ0v) is 27.6. The number of hydrogen-bond donors (Lipinski definition) is 0. The minimum Gasteiger partial charge on any atom is -0.456 e. The molecule has 0 aliphatic heterocycles. The highest BCUT2D eigenvalue weighted by molar-refractivity contribution is 6.18. The monoisotopic (exact) mass is 650 g/mol. The van der Waals surface area contributed by atoms with Gasteiger partial charge in [-0.25, -0.2) is 0 Å². The molecule has 0 fully saturated rings. The summed E-state index contributed by atoms with van der Waals surface area (Å²) in [7, 11) is 0. The Bertz CT molecular complexity index is 3150. The molecule has 2 heterocycles. The fourth-order valence-electron chi connectivity index (χ4n) is 8.20. The lowest BCUT2D eigenvalue weighted by molar-refractivity contribution is 0.669. The van der Waals surface area contributed by atoms with Crippen molar-refractivity contribution in [1.82, 2.24) is 4.57 Å². The summed E-state index contributed by atoms with van der Waals surface area (Å²) >= 11 is 0. The first-order valence-electron chi connectivity index (χ1n) is 17.4. The maximum atomic E-state index is 6.27. The van der Waals surface area contributed by atoms with Crippen LogP contribution >= 0.6 is 0 Å². The second-order valence-electron chi connectivity index (χ2n) is 13.4. The molecule has 0 aliphatic carbocycles. The van der Waals surface area contributed by atoms with Crippen molar-refractivity contribution in [3.63, 3.8) is 0 Å². The minimum absolute atomic E-state index is 0.885. The van der Waals surface area contributed by atoms with E-state index in [-0.39, 0.29) is 0 Å². The van der Waals surface area contributed by atoms with Crippen LogP contribution in [0, 0.1) is 0 Å². The van der Waals surface area contributed by atoms with Gasteiger partial charge in [-0.2, -0.15) is 0 Å². The fraction of sp³-hybridized carbons (Fsp3) is 0. The first-order valence-corrected chi connectivity index (χ1v) is 17.4. The van der Waals surface area contributed by atoms with Gasteiger partial charge in [0.25, 0.3) is 0 Å². The summed E-state index contributed by atoms with van der Waals surface area (Å²) in [6.07, 6.45) is 0. The standard InChI is InChI=1S/C48H30N2O/c1-2-11-33(12-3-1)50-45-16-8-6-14-40(45)41-26-22-36(30-46(41)50)49(35-23-27-48-44(29-35)42-15-7-9-17-47(42)51-48)34-21-18-32-20-24-38-37-13-5-4-10-31(37)19-25-39(38)43(32)28-34/h1-30H. The van der Waals surface area contributed by atoms with Gasteiger partial charge in [0.05, 0.1) is 11.0 Å². The van der Waals surface area contributed by atoms with E-state index < -0.39 is 0 Å². The van der Waals surface area contributed by atoms with Gasteiger partial charge in [0, 0.05) is 44.3 Å². The molecule has 11 rings (SSSR count). The van der Waals surface area contributed by atoms with Crippen LogP contribution in [0.15, 0.2) is 186 Å². The molecule has 0 unspecified atom stereocenters. The number of para-hydroxylation sites is 3. The Morgan fingerprint density at radius 2 is 0.882 bits per heavy atom. The zero-order chi connectivity index (χ0) is 33.5. The maximum absolute atomic E-state index is 6.27. The number of hydrogen-bond acceptors (Lipinski definition) is 2. The molecule has 0 N–H and O–H groups in total. The van der Waals surface area contributed by atoms with Crippen LogP contribution in [0.1, 0.15) is 0 Å². The molecule has 3 nitrogen and oxygen atoms in total. The van der Waals surface area contributed by atoms with Crippen molar-refractivity contribution in [3.05, 3.63) is 182 Å². The molecule has 3 heteroatoms. The number of aromatic nitrogens is 1. The van der Waals surface area contributed by atoms with Crippen LogP contribution in [0.3, 0.4) is 0 Å². The first-order chi connectivity index (χ1) is 25.3. The third-order valence-corrected chi connectivity index (χ3v) is 10.5. The first kappa shape index (κ1) is 28.0. The van der Waals surface area contributed by atoms with Gasteiger partial charge in [-0.1, -0.05) is 115 Å². The van der Waals surface area contributed by atoms with E-state index in [1.165, 1.54) is 48.6 Å². The van der Waals surface area contributed by atoms with Crippen molar-refractivity contribution in [2.45, 2.75) is 0 Å². The molecule has 0 amide bonds. The molecule has 0 radical (unpaired) electrons. The summed E-state index contributed by atoms with van der Waals surface area (Å²) in [4.78, 5) is 2.40. The Morgan fingerprint density at radius 3 is 1.75 bits per heavy atom. The highest BCUT2D eigenvalue weighted by Gasteiger charge is 2.19. The smallest absolute Gasteiger partial charge is 0.135 e. The predicted octanol–water partition coefficient (Wildman–Crippen LogP) is 13.6. The Balaban J connectivity index is 1.20. The number of nitrogens with zero attached hydrogens (tertiary/aromatic N) is 2. The third kappa shape index (κ3) is 4.25. The van der Waals surface area contributed by atoms with E-state index in [1.54, 1.807) is 0 Å². The largest absolute Gasteiger partial charge is 0.456 e. The zero-order valence-electron chi connectivity index (χ0n) is 27.6. The minimum atomic E-state index is 0.885. The van der Waals surface area contributed by atoms with E-state index in [0.29, 0.717) is 0 Å². The average molecular weight is 651 g/mol. The SMILES string of the molecule is c1ccc(-n2c3ccccc3c3ccc(N(c4ccc5ccc6c7ccccc7ccc6c5c4)c4ccc5oc6ccccc6c5c4)cc32)cc1. The van der Waals surface area contributed by atoms with E-state index in [2.05, 4.69) is 179 Å². The summed E-state index contributed by atoms with van der Waals surface area (Å²) in [6, 6.07) is 65.7. The summed E-state index contributed by atoms with van der Waals surface area (Å²) in [5, 5.41) is 12.2. The van der Waals surface area contributed by atoms with Gasteiger partial charge in [0.15, 0.2) is 0 Å². The van der Waals surface area contributed by atoms with Crippen molar-refractivity contribution in [2.24, 2.45) is 0 Å². The van der Waals surface area contributed by atoms with Gasteiger partial charge in [-0.3, -0.25) is 0 Å². The van der Waals surface area contributed by atoms with Gasteiger partial charge < -0.3 is 13.9 Å². The second kappa shape index (κ2) is 10.8. The van der Waals surface area contributed by atoms with Crippen molar-refractivity contribution in [2.75, 3.05) is 4.90 Å². The topological polar surface area (TPSA) is 21.3 Å². The lowest BCUT2D eigenvalue weighted by Gasteiger charge is -2.26. The number of furan rings is 1. The number of benzene rings is 9. The molecule has 238 valence electrons. The van der Waals surface area contributed by atoms with Crippen LogP contribution in [0.4, 0.5) is 17.1 Å². The third-order valence-electron chi connectivity index (χ3n) is 10.5. The second-order valence-corrected chi connectivity index (χ2v) is 13.4. The van der Waals surface area contributed by atoms with Crippen molar-refractivity contribution in [3.8, 4) is 5.69 Å². The Hall–Kier alpha value is -6.84. The van der Waals surface area contributed by atoms with E-state index in [0.717, 1.165) is 50.2 Å². The molecule has 11 aromatic rings. The van der Waals surface area contributed by atoms with E-state index in [9.17, 15) is 0 Å². The number of rotatable bonds is 4. The molecular weight excluding hydrogens is 621 g/mol. The summed E-state index contributed by atoms with van der Waals surface area (Å²) in [6.45, 7) is 0. The molecular formula is C48H30N2O. The number of anilines is 3. The van der Waals surface area contributed by atoms with Gasteiger partial charge in [-0.05, 0) is 99.0 Å². The van der Waals surface area contributed by atoms with Gasteiger partial charge >= 0.3 is 0 Å². The maximum Gasteiger partial charge on any atom is 0.135 e. The molecule has 0 bridgehead atoms. The summed E-state index contributed by atoms with van der Waals surface area (Å²) in [5.74, 6) is 0. The lowest BCUT2D eigenvalue weighted by atomic mass is 9.96.